The number of hydrogen-bond acceptors (Lipinski definition) is 7. The van der Waals surface area contributed by atoms with Crippen LogP contribution < -0.4 is 16.4 Å². The predicted octanol–water partition coefficient (Wildman–Crippen LogP) is 3.32. The van der Waals surface area contributed by atoms with Gasteiger partial charge in [0.25, 0.3) is 0 Å². The lowest BCUT2D eigenvalue weighted by Gasteiger charge is -2.28. The Balaban J connectivity index is 1.80. The minimum absolute atomic E-state index is 0.105. The van der Waals surface area contributed by atoms with Gasteiger partial charge in [-0.05, 0) is 22.8 Å². The van der Waals surface area contributed by atoms with Crippen LogP contribution in [0.1, 0.15) is 24.9 Å². The molecule has 4 aromatic rings. The largest absolute Gasteiger partial charge is 0.383 e. The van der Waals surface area contributed by atoms with Gasteiger partial charge in [0, 0.05) is 13.2 Å². The number of benzene rings is 2. The first-order chi connectivity index (χ1) is 13.1. The van der Waals surface area contributed by atoms with Crippen molar-refractivity contribution in [3.63, 3.8) is 0 Å². The number of anilines is 3. The van der Waals surface area contributed by atoms with E-state index in [2.05, 4.69) is 74.2 Å². The zero-order chi connectivity index (χ0) is 19.0. The molecule has 0 aliphatic carbocycles. The fraction of sp³-hybridized carbons (Fsp3) is 0.200. The Morgan fingerprint density at radius 3 is 2.56 bits per heavy atom. The van der Waals surface area contributed by atoms with Crippen LogP contribution in [-0.4, -0.2) is 27.0 Å². The van der Waals surface area contributed by atoms with Crippen molar-refractivity contribution in [1.82, 2.24) is 19.9 Å². The van der Waals surface area contributed by atoms with Gasteiger partial charge in [-0.3, -0.25) is 0 Å². The first-order valence-electron chi connectivity index (χ1n) is 8.84. The SMILES string of the molecule is CCC(c1cccc2ccccc12)N(C)c1ncc2c(N)nc(N)nc2n1. The van der Waals surface area contributed by atoms with E-state index < -0.39 is 0 Å². The monoisotopic (exact) mass is 359 g/mol. The molecule has 0 saturated heterocycles. The van der Waals surface area contributed by atoms with E-state index >= 15 is 0 Å². The summed E-state index contributed by atoms with van der Waals surface area (Å²) in [4.78, 5) is 19.3. The van der Waals surface area contributed by atoms with Crippen molar-refractivity contribution in [2.24, 2.45) is 0 Å². The van der Waals surface area contributed by atoms with Gasteiger partial charge in [0.1, 0.15) is 5.82 Å². The van der Waals surface area contributed by atoms with Crippen LogP contribution in [0, 0.1) is 0 Å². The molecule has 7 nitrogen and oxygen atoms in total. The third kappa shape index (κ3) is 2.97. The first-order valence-corrected chi connectivity index (χ1v) is 8.84. The molecule has 1 unspecified atom stereocenters. The third-order valence-corrected chi connectivity index (χ3v) is 4.84. The Morgan fingerprint density at radius 2 is 1.74 bits per heavy atom. The van der Waals surface area contributed by atoms with Crippen LogP contribution in [0.25, 0.3) is 21.8 Å². The van der Waals surface area contributed by atoms with Crippen molar-refractivity contribution < 1.29 is 0 Å². The van der Waals surface area contributed by atoms with E-state index in [0.717, 1.165) is 6.42 Å². The molecule has 136 valence electrons. The van der Waals surface area contributed by atoms with Crippen molar-refractivity contribution in [2.45, 2.75) is 19.4 Å². The maximum atomic E-state index is 5.90. The molecule has 1 atom stereocenters. The van der Waals surface area contributed by atoms with Crippen LogP contribution in [0.2, 0.25) is 0 Å². The molecule has 4 N–H and O–H groups in total. The maximum Gasteiger partial charge on any atom is 0.227 e. The lowest BCUT2D eigenvalue weighted by molar-refractivity contribution is 0.639. The molecular formula is C20H21N7. The normalized spacial score (nSPS) is 12.4. The highest BCUT2D eigenvalue weighted by molar-refractivity contribution is 5.87. The van der Waals surface area contributed by atoms with E-state index in [-0.39, 0.29) is 17.8 Å². The molecule has 0 spiro atoms. The molecule has 2 heterocycles. The van der Waals surface area contributed by atoms with Crippen LogP contribution in [0.15, 0.2) is 48.7 Å². The quantitative estimate of drug-likeness (QED) is 0.575. The average molecular weight is 359 g/mol. The Labute approximate surface area is 157 Å². The lowest BCUT2D eigenvalue weighted by Crippen LogP contribution is -2.26. The number of rotatable bonds is 4. The van der Waals surface area contributed by atoms with Crippen LogP contribution in [-0.2, 0) is 0 Å². The van der Waals surface area contributed by atoms with E-state index in [1.807, 2.05) is 7.05 Å². The molecule has 2 aromatic carbocycles. The molecule has 0 fully saturated rings. The topological polar surface area (TPSA) is 107 Å². The Hall–Kier alpha value is -3.48. The highest BCUT2D eigenvalue weighted by atomic mass is 15.3. The van der Waals surface area contributed by atoms with Gasteiger partial charge in [0.15, 0.2) is 5.65 Å². The van der Waals surface area contributed by atoms with Crippen molar-refractivity contribution in [2.75, 3.05) is 23.4 Å². The fourth-order valence-electron chi connectivity index (χ4n) is 3.50. The average Bonchev–Trinajstić information content (AvgIpc) is 2.68. The summed E-state index contributed by atoms with van der Waals surface area (Å²) in [5.41, 5.74) is 13.3. The lowest BCUT2D eigenvalue weighted by atomic mass is 9.96. The van der Waals surface area contributed by atoms with Crippen LogP contribution in [0.5, 0.6) is 0 Å². The van der Waals surface area contributed by atoms with E-state index in [4.69, 9.17) is 11.5 Å². The molecule has 0 amide bonds. The molecule has 0 bridgehead atoms. The smallest absolute Gasteiger partial charge is 0.227 e. The number of nitrogen functional groups attached to an aromatic ring is 2. The van der Waals surface area contributed by atoms with Crippen LogP contribution in [0.4, 0.5) is 17.7 Å². The molecule has 0 aliphatic rings. The second-order valence-corrected chi connectivity index (χ2v) is 6.48. The predicted molar refractivity (Wildman–Crippen MR) is 109 cm³/mol. The molecule has 0 radical (unpaired) electrons. The second-order valence-electron chi connectivity index (χ2n) is 6.48. The van der Waals surface area contributed by atoms with E-state index in [1.54, 1.807) is 6.20 Å². The summed E-state index contributed by atoms with van der Waals surface area (Å²) in [6.07, 6.45) is 2.55. The molecule has 27 heavy (non-hydrogen) atoms. The summed E-state index contributed by atoms with van der Waals surface area (Å²) in [6.45, 7) is 2.15. The van der Waals surface area contributed by atoms with Gasteiger partial charge in [0.2, 0.25) is 11.9 Å². The standard InChI is InChI=1S/C20H21N7/c1-3-16(14-10-6-8-12-7-4-5-9-13(12)14)27(2)20-23-11-15-17(21)24-19(22)25-18(15)26-20/h4-11,16H,3H2,1-2H3,(H4,21,22,23,24,25,26). The molecule has 0 saturated carbocycles. The van der Waals surface area contributed by atoms with Crippen molar-refractivity contribution in [3.05, 3.63) is 54.2 Å². The summed E-state index contributed by atoms with van der Waals surface area (Å²) >= 11 is 0. The highest BCUT2D eigenvalue weighted by Crippen LogP contribution is 2.32. The summed E-state index contributed by atoms with van der Waals surface area (Å²) in [6, 6.07) is 14.9. The Morgan fingerprint density at radius 1 is 0.963 bits per heavy atom. The van der Waals surface area contributed by atoms with Gasteiger partial charge in [0.05, 0.1) is 11.4 Å². The molecule has 4 rings (SSSR count). The number of nitrogens with zero attached hydrogens (tertiary/aromatic N) is 5. The van der Waals surface area contributed by atoms with Crippen LogP contribution >= 0.6 is 0 Å². The summed E-state index contributed by atoms with van der Waals surface area (Å²) in [5, 5.41) is 3.05. The summed E-state index contributed by atoms with van der Waals surface area (Å²) in [7, 11) is 1.99. The fourth-order valence-corrected chi connectivity index (χ4v) is 3.50. The van der Waals surface area contributed by atoms with Crippen LogP contribution in [0.3, 0.4) is 0 Å². The van der Waals surface area contributed by atoms with E-state index in [0.29, 0.717) is 17.0 Å². The minimum Gasteiger partial charge on any atom is -0.383 e. The van der Waals surface area contributed by atoms with Crippen molar-refractivity contribution in [3.8, 4) is 0 Å². The Bertz CT molecular complexity index is 1120. The molecule has 7 heteroatoms. The Kier molecular flexibility index (Phi) is 4.19. The second kappa shape index (κ2) is 6.68. The van der Waals surface area contributed by atoms with E-state index in [9.17, 15) is 0 Å². The van der Waals surface area contributed by atoms with Gasteiger partial charge >= 0.3 is 0 Å². The van der Waals surface area contributed by atoms with Gasteiger partial charge in [-0.2, -0.15) is 15.0 Å². The van der Waals surface area contributed by atoms with Gasteiger partial charge in [-0.1, -0.05) is 49.4 Å². The highest BCUT2D eigenvalue weighted by Gasteiger charge is 2.20. The van der Waals surface area contributed by atoms with Gasteiger partial charge in [-0.15, -0.1) is 0 Å². The third-order valence-electron chi connectivity index (χ3n) is 4.84. The molecular weight excluding hydrogens is 338 g/mol. The van der Waals surface area contributed by atoms with Gasteiger partial charge < -0.3 is 16.4 Å². The molecule has 2 aromatic heterocycles. The summed E-state index contributed by atoms with van der Waals surface area (Å²) in [5.74, 6) is 0.959. The van der Waals surface area contributed by atoms with Crippen molar-refractivity contribution in [1.29, 1.82) is 0 Å². The number of aromatic nitrogens is 4. The van der Waals surface area contributed by atoms with Gasteiger partial charge in [-0.25, -0.2) is 4.98 Å². The first kappa shape index (κ1) is 17.0. The minimum atomic E-state index is 0.105. The molecule has 0 aliphatic heterocycles. The maximum absolute atomic E-state index is 5.90. The zero-order valence-corrected chi connectivity index (χ0v) is 15.3. The summed E-state index contributed by atoms with van der Waals surface area (Å²) < 4.78 is 0. The number of nitrogens with two attached hydrogens (primary N) is 2. The zero-order valence-electron chi connectivity index (χ0n) is 15.3. The van der Waals surface area contributed by atoms with E-state index in [1.165, 1.54) is 16.3 Å². The number of hydrogen-bond donors (Lipinski definition) is 2. The number of fused-ring (bicyclic) bond motifs is 2. The van der Waals surface area contributed by atoms with Crippen molar-refractivity contribution >= 4 is 39.5 Å².